The van der Waals surface area contributed by atoms with Crippen molar-refractivity contribution in [1.29, 1.82) is 0 Å². The summed E-state index contributed by atoms with van der Waals surface area (Å²) in [5.74, 6) is 0.752. The predicted octanol–water partition coefficient (Wildman–Crippen LogP) is 3.29. The van der Waals surface area contributed by atoms with Crippen LogP contribution in [0.25, 0.3) is 0 Å². The average molecular weight is 382 g/mol. The number of alkyl halides is 3. The van der Waals surface area contributed by atoms with Crippen LogP contribution in [0.1, 0.15) is 22.8 Å². The van der Waals surface area contributed by atoms with Crippen molar-refractivity contribution >= 4 is 6.03 Å². The van der Waals surface area contributed by atoms with Crippen molar-refractivity contribution in [3.05, 3.63) is 65.2 Å². The Hall–Kier alpha value is -2.74. The monoisotopic (exact) mass is 382 g/mol. The summed E-state index contributed by atoms with van der Waals surface area (Å²) in [6.45, 7) is 0.286. The van der Waals surface area contributed by atoms with Crippen molar-refractivity contribution in [2.45, 2.75) is 18.7 Å². The highest BCUT2D eigenvalue weighted by atomic mass is 19.4. The van der Waals surface area contributed by atoms with Crippen molar-refractivity contribution in [1.82, 2.24) is 10.6 Å². The first-order chi connectivity index (χ1) is 12.8. The molecule has 0 bridgehead atoms. The number of urea groups is 1. The van der Waals surface area contributed by atoms with Crippen LogP contribution in [0.3, 0.4) is 0 Å². The Morgan fingerprint density at radius 1 is 1.07 bits per heavy atom. The number of carbonyl (C=O) groups is 1. The van der Waals surface area contributed by atoms with Gasteiger partial charge in [0.1, 0.15) is 5.75 Å². The fraction of sp³-hybridized carbons (Fsp3) is 0.316. The maximum Gasteiger partial charge on any atom is 0.416 e. The lowest BCUT2D eigenvalue weighted by molar-refractivity contribution is -0.137. The molecular weight excluding hydrogens is 361 g/mol. The SMILES string of the molecule is COc1ccc(CCNC(=O)NC[C@H](O)c2ccc(C(F)(F)F)cc2)cc1. The molecule has 2 aromatic rings. The van der Waals surface area contributed by atoms with E-state index < -0.39 is 23.9 Å². The van der Waals surface area contributed by atoms with E-state index in [1.807, 2.05) is 24.3 Å². The van der Waals surface area contributed by atoms with E-state index in [1.54, 1.807) is 7.11 Å². The molecule has 8 heteroatoms. The van der Waals surface area contributed by atoms with Crippen LogP contribution in [0.15, 0.2) is 48.5 Å². The van der Waals surface area contributed by atoms with E-state index in [4.69, 9.17) is 4.74 Å². The molecule has 5 nitrogen and oxygen atoms in total. The standard InChI is InChI=1S/C19H21F3N2O3/c1-27-16-8-2-13(3-9-16)10-11-23-18(26)24-12-17(25)14-4-6-15(7-5-14)19(20,21)22/h2-9,17,25H,10-12H2,1H3,(H2,23,24,26)/t17-/m0/s1. The molecule has 0 aliphatic carbocycles. The summed E-state index contributed by atoms with van der Waals surface area (Å²) in [7, 11) is 1.58. The summed E-state index contributed by atoms with van der Waals surface area (Å²) in [6.07, 6.45) is -4.90. The number of benzene rings is 2. The van der Waals surface area contributed by atoms with Crippen LogP contribution in [-0.2, 0) is 12.6 Å². The van der Waals surface area contributed by atoms with Gasteiger partial charge < -0.3 is 20.5 Å². The Labute approximate surface area is 155 Å². The number of aliphatic hydroxyl groups excluding tert-OH is 1. The molecule has 146 valence electrons. The lowest BCUT2D eigenvalue weighted by Gasteiger charge is -2.14. The number of rotatable bonds is 7. The first kappa shape index (κ1) is 20.6. The minimum Gasteiger partial charge on any atom is -0.497 e. The minimum absolute atomic E-state index is 0.111. The molecule has 0 heterocycles. The third-order valence-corrected chi connectivity index (χ3v) is 3.94. The molecule has 3 N–H and O–H groups in total. The zero-order chi connectivity index (χ0) is 19.9. The van der Waals surface area contributed by atoms with Gasteiger partial charge in [-0.3, -0.25) is 0 Å². The van der Waals surface area contributed by atoms with Gasteiger partial charge in [-0.15, -0.1) is 0 Å². The van der Waals surface area contributed by atoms with Gasteiger partial charge in [0.05, 0.1) is 18.8 Å². The molecule has 27 heavy (non-hydrogen) atoms. The van der Waals surface area contributed by atoms with Crippen LogP contribution in [-0.4, -0.2) is 31.3 Å². The van der Waals surface area contributed by atoms with E-state index in [0.717, 1.165) is 23.4 Å². The highest BCUT2D eigenvalue weighted by molar-refractivity contribution is 5.73. The fourth-order valence-electron chi connectivity index (χ4n) is 2.38. The van der Waals surface area contributed by atoms with Crippen LogP contribution in [0, 0.1) is 0 Å². The van der Waals surface area contributed by atoms with Crippen molar-refractivity contribution in [2.75, 3.05) is 20.2 Å². The number of aliphatic hydroxyl groups is 1. The van der Waals surface area contributed by atoms with Gasteiger partial charge in [0.25, 0.3) is 0 Å². The molecule has 0 unspecified atom stereocenters. The smallest absolute Gasteiger partial charge is 0.416 e. The van der Waals surface area contributed by atoms with Crippen molar-refractivity contribution in [3.8, 4) is 5.75 Å². The maximum absolute atomic E-state index is 12.5. The molecule has 0 saturated carbocycles. The number of methoxy groups -OCH3 is 1. The Kier molecular flexibility index (Phi) is 7.06. The highest BCUT2D eigenvalue weighted by Gasteiger charge is 2.30. The normalized spacial score (nSPS) is 12.3. The Balaban J connectivity index is 1.72. The van der Waals surface area contributed by atoms with Crippen molar-refractivity contribution in [2.24, 2.45) is 0 Å². The summed E-state index contributed by atoms with van der Waals surface area (Å²) in [4.78, 5) is 11.8. The first-order valence-corrected chi connectivity index (χ1v) is 8.29. The van der Waals surface area contributed by atoms with Crippen LogP contribution >= 0.6 is 0 Å². The van der Waals surface area contributed by atoms with E-state index in [9.17, 15) is 23.1 Å². The van der Waals surface area contributed by atoms with Gasteiger partial charge in [0.15, 0.2) is 0 Å². The summed E-state index contributed by atoms with van der Waals surface area (Å²) in [5, 5.41) is 15.1. The second-order valence-electron chi connectivity index (χ2n) is 5.87. The third kappa shape index (κ3) is 6.49. The van der Waals surface area contributed by atoms with Crippen LogP contribution in [0.4, 0.5) is 18.0 Å². The molecule has 0 radical (unpaired) electrons. The largest absolute Gasteiger partial charge is 0.497 e. The molecule has 0 aliphatic heterocycles. The zero-order valence-corrected chi connectivity index (χ0v) is 14.7. The van der Waals surface area contributed by atoms with Gasteiger partial charge in [0, 0.05) is 13.1 Å². The van der Waals surface area contributed by atoms with Gasteiger partial charge in [0.2, 0.25) is 0 Å². The quantitative estimate of drug-likeness (QED) is 0.688. The van der Waals surface area contributed by atoms with Gasteiger partial charge in [-0.1, -0.05) is 24.3 Å². The molecule has 0 spiro atoms. The molecule has 2 rings (SSSR count). The maximum atomic E-state index is 12.5. The van der Waals surface area contributed by atoms with Gasteiger partial charge >= 0.3 is 12.2 Å². The second-order valence-corrected chi connectivity index (χ2v) is 5.87. The Morgan fingerprint density at radius 3 is 2.26 bits per heavy atom. The summed E-state index contributed by atoms with van der Waals surface area (Å²) in [6, 6.07) is 11.2. The van der Waals surface area contributed by atoms with E-state index >= 15 is 0 Å². The molecule has 0 aliphatic rings. The van der Waals surface area contributed by atoms with Crippen LogP contribution < -0.4 is 15.4 Å². The zero-order valence-electron chi connectivity index (χ0n) is 14.7. The van der Waals surface area contributed by atoms with Gasteiger partial charge in [-0.2, -0.15) is 13.2 Å². The molecule has 0 aromatic heterocycles. The number of hydrogen-bond donors (Lipinski definition) is 3. The van der Waals surface area contributed by atoms with Crippen LogP contribution in [0.5, 0.6) is 5.75 Å². The number of nitrogens with one attached hydrogen (secondary N) is 2. The van der Waals surface area contributed by atoms with Gasteiger partial charge in [-0.05, 0) is 41.8 Å². The van der Waals surface area contributed by atoms with E-state index in [-0.39, 0.29) is 6.54 Å². The lowest BCUT2D eigenvalue weighted by Crippen LogP contribution is -2.38. The number of amides is 2. The van der Waals surface area contributed by atoms with E-state index in [2.05, 4.69) is 10.6 Å². The molecule has 0 fully saturated rings. The summed E-state index contributed by atoms with van der Waals surface area (Å²) < 4.78 is 42.6. The highest BCUT2D eigenvalue weighted by Crippen LogP contribution is 2.29. The second kappa shape index (κ2) is 9.27. The average Bonchev–Trinajstić information content (AvgIpc) is 2.66. The summed E-state index contributed by atoms with van der Waals surface area (Å²) >= 11 is 0. The molecule has 1 atom stereocenters. The molecular formula is C19H21F3N2O3. The predicted molar refractivity (Wildman–Crippen MR) is 94.5 cm³/mol. The fourth-order valence-corrected chi connectivity index (χ4v) is 2.38. The minimum atomic E-state index is -4.43. The Bertz CT molecular complexity index is 731. The number of halogens is 3. The molecule has 2 aromatic carbocycles. The third-order valence-electron chi connectivity index (χ3n) is 3.94. The van der Waals surface area contributed by atoms with Crippen molar-refractivity contribution < 1.29 is 27.8 Å². The van der Waals surface area contributed by atoms with E-state index in [0.29, 0.717) is 18.5 Å². The van der Waals surface area contributed by atoms with Crippen LogP contribution in [0.2, 0.25) is 0 Å². The first-order valence-electron chi connectivity index (χ1n) is 8.29. The van der Waals surface area contributed by atoms with Gasteiger partial charge in [-0.25, -0.2) is 4.79 Å². The number of hydrogen-bond acceptors (Lipinski definition) is 3. The number of carbonyl (C=O) groups excluding carboxylic acids is 1. The summed E-state index contributed by atoms with van der Waals surface area (Å²) in [5.41, 5.74) is 0.533. The molecule has 2 amide bonds. The Morgan fingerprint density at radius 2 is 1.70 bits per heavy atom. The molecule has 0 saturated heterocycles. The number of ether oxygens (including phenoxy) is 1. The van der Waals surface area contributed by atoms with E-state index in [1.165, 1.54) is 12.1 Å². The topological polar surface area (TPSA) is 70.6 Å². The van der Waals surface area contributed by atoms with Crippen molar-refractivity contribution in [3.63, 3.8) is 0 Å². The lowest BCUT2D eigenvalue weighted by atomic mass is 10.1.